The molecule has 0 saturated carbocycles. The summed E-state index contributed by atoms with van der Waals surface area (Å²) in [5.41, 5.74) is 5.16. The lowest BCUT2D eigenvalue weighted by Crippen LogP contribution is -1.99. The predicted molar refractivity (Wildman–Crippen MR) is 104 cm³/mol. The van der Waals surface area contributed by atoms with E-state index >= 15 is 0 Å². The minimum absolute atomic E-state index is 0.230. The van der Waals surface area contributed by atoms with Crippen molar-refractivity contribution in [2.24, 2.45) is 0 Å². The monoisotopic (exact) mass is 345 g/mol. The lowest BCUT2D eigenvalue weighted by atomic mass is 10.0. The highest BCUT2D eigenvalue weighted by Crippen LogP contribution is 2.34. The maximum absolute atomic E-state index is 6.16. The van der Waals surface area contributed by atoms with Gasteiger partial charge in [-0.15, -0.1) is 0 Å². The van der Waals surface area contributed by atoms with Crippen LogP contribution in [0.1, 0.15) is 5.56 Å². The summed E-state index contributed by atoms with van der Waals surface area (Å²) < 4.78 is 0. The Labute approximate surface area is 151 Å². The number of hydrogen-bond donors (Lipinski definition) is 1. The summed E-state index contributed by atoms with van der Waals surface area (Å²) in [4.78, 5) is 8.85. The molecule has 0 atom stereocenters. The minimum atomic E-state index is 0.230. The van der Waals surface area contributed by atoms with Crippen LogP contribution in [0.15, 0.2) is 72.8 Å². The zero-order chi connectivity index (χ0) is 17.2. The molecule has 3 aromatic carbocycles. The van der Waals surface area contributed by atoms with Crippen molar-refractivity contribution in [3.63, 3.8) is 0 Å². The molecular formula is C21H16ClN3. The number of aryl methyl sites for hydroxylation is 1. The van der Waals surface area contributed by atoms with Crippen molar-refractivity contribution in [1.82, 2.24) is 9.97 Å². The van der Waals surface area contributed by atoms with Crippen molar-refractivity contribution < 1.29 is 0 Å². The number of hydrogen-bond acceptors (Lipinski definition) is 3. The Kier molecular flexibility index (Phi) is 4.08. The number of nitrogens with one attached hydrogen (secondary N) is 1. The van der Waals surface area contributed by atoms with Gasteiger partial charge in [-0.05, 0) is 53.4 Å². The summed E-state index contributed by atoms with van der Waals surface area (Å²) >= 11 is 6.16. The van der Waals surface area contributed by atoms with Crippen LogP contribution in [0.4, 0.5) is 11.5 Å². The minimum Gasteiger partial charge on any atom is -0.340 e. The largest absolute Gasteiger partial charge is 0.340 e. The van der Waals surface area contributed by atoms with E-state index in [9.17, 15) is 0 Å². The van der Waals surface area contributed by atoms with Gasteiger partial charge < -0.3 is 5.32 Å². The zero-order valence-electron chi connectivity index (χ0n) is 13.7. The Morgan fingerprint density at radius 1 is 0.840 bits per heavy atom. The molecule has 4 rings (SSSR count). The summed E-state index contributed by atoms with van der Waals surface area (Å²) in [7, 11) is 0. The Morgan fingerprint density at radius 3 is 2.44 bits per heavy atom. The van der Waals surface area contributed by atoms with E-state index < -0.39 is 0 Å². The number of nitrogens with zero attached hydrogens (tertiary/aromatic N) is 2. The first kappa shape index (κ1) is 15.6. The molecular weight excluding hydrogens is 330 g/mol. The summed E-state index contributed by atoms with van der Waals surface area (Å²) in [5, 5.41) is 4.59. The lowest BCUT2D eigenvalue weighted by molar-refractivity contribution is 1.22. The molecule has 4 heteroatoms. The van der Waals surface area contributed by atoms with Crippen LogP contribution in [0.3, 0.4) is 0 Å². The van der Waals surface area contributed by atoms with Gasteiger partial charge in [0.15, 0.2) is 0 Å². The van der Waals surface area contributed by atoms with Crippen LogP contribution in [-0.2, 0) is 0 Å². The van der Waals surface area contributed by atoms with Gasteiger partial charge in [-0.3, -0.25) is 0 Å². The summed E-state index contributed by atoms with van der Waals surface area (Å²) in [6, 6.07) is 24.4. The van der Waals surface area contributed by atoms with Gasteiger partial charge in [-0.2, -0.15) is 4.98 Å². The highest BCUT2D eigenvalue weighted by molar-refractivity contribution is 6.29. The summed E-state index contributed by atoms with van der Waals surface area (Å²) in [6.07, 6.45) is 0. The van der Waals surface area contributed by atoms with Crippen molar-refractivity contribution in [2.45, 2.75) is 6.92 Å². The molecule has 1 heterocycles. The Morgan fingerprint density at radius 2 is 1.64 bits per heavy atom. The first-order chi connectivity index (χ1) is 12.2. The number of anilines is 2. The number of halogens is 1. The fourth-order valence-electron chi connectivity index (χ4n) is 2.96. The van der Waals surface area contributed by atoms with Crippen LogP contribution in [0, 0.1) is 6.92 Å². The normalized spacial score (nSPS) is 10.8. The maximum Gasteiger partial charge on any atom is 0.224 e. The fourth-order valence-corrected chi connectivity index (χ4v) is 3.14. The molecule has 3 nitrogen and oxygen atoms in total. The maximum atomic E-state index is 6.16. The van der Waals surface area contributed by atoms with Crippen LogP contribution < -0.4 is 5.32 Å². The van der Waals surface area contributed by atoms with Crippen LogP contribution >= 0.6 is 11.6 Å². The van der Waals surface area contributed by atoms with E-state index in [2.05, 4.69) is 52.5 Å². The number of aromatic nitrogens is 2. The van der Waals surface area contributed by atoms with Crippen LogP contribution in [0.2, 0.25) is 5.28 Å². The highest BCUT2D eigenvalue weighted by atomic mass is 35.5. The van der Waals surface area contributed by atoms with Crippen molar-refractivity contribution in [1.29, 1.82) is 0 Å². The second-order valence-electron chi connectivity index (χ2n) is 5.90. The van der Waals surface area contributed by atoms with E-state index in [0.717, 1.165) is 27.7 Å². The molecule has 122 valence electrons. The number of fused-ring (bicyclic) bond motifs is 1. The smallest absolute Gasteiger partial charge is 0.224 e. The SMILES string of the molecule is Cc1cccc(Nc2nc(Cl)nc3cccc(-c4ccccc4)c23)c1. The van der Waals surface area contributed by atoms with Crippen LogP contribution in [0.5, 0.6) is 0 Å². The molecule has 0 aliphatic heterocycles. The molecule has 1 N–H and O–H groups in total. The predicted octanol–water partition coefficient (Wildman–Crippen LogP) is 6.00. The number of benzene rings is 3. The second-order valence-corrected chi connectivity index (χ2v) is 6.24. The molecule has 0 amide bonds. The topological polar surface area (TPSA) is 37.8 Å². The van der Waals surface area contributed by atoms with Gasteiger partial charge in [0.05, 0.1) is 10.9 Å². The molecule has 0 aliphatic rings. The van der Waals surface area contributed by atoms with Crippen LogP contribution in [0.25, 0.3) is 22.0 Å². The van der Waals surface area contributed by atoms with Gasteiger partial charge in [0.2, 0.25) is 5.28 Å². The average molecular weight is 346 g/mol. The Balaban J connectivity index is 1.94. The molecule has 1 aromatic heterocycles. The van der Waals surface area contributed by atoms with E-state index in [4.69, 9.17) is 11.6 Å². The average Bonchev–Trinajstić information content (AvgIpc) is 2.62. The lowest BCUT2D eigenvalue weighted by Gasteiger charge is -2.13. The summed E-state index contributed by atoms with van der Waals surface area (Å²) in [6.45, 7) is 2.06. The first-order valence-electron chi connectivity index (χ1n) is 8.06. The molecule has 0 saturated heterocycles. The van der Waals surface area contributed by atoms with Crippen molar-refractivity contribution in [3.05, 3.63) is 83.6 Å². The van der Waals surface area contributed by atoms with Crippen molar-refractivity contribution >= 4 is 34.0 Å². The molecule has 4 aromatic rings. The third-order valence-electron chi connectivity index (χ3n) is 4.06. The van der Waals surface area contributed by atoms with E-state index in [-0.39, 0.29) is 5.28 Å². The van der Waals surface area contributed by atoms with Gasteiger partial charge >= 0.3 is 0 Å². The summed E-state index contributed by atoms with van der Waals surface area (Å²) in [5.74, 6) is 0.708. The highest BCUT2D eigenvalue weighted by Gasteiger charge is 2.12. The molecule has 0 unspecified atom stereocenters. The molecule has 25 heavy (non-hydrogen) atoms. The van der Waals surface area contributed by atoms with Gasteiger partial charge in [0.25, 0.3) is 0 Å². The molecule has 0 fully saturated rings. The third kappa shape index (κ3) is 3.19. The molecule has 0 spiro atoms. The van der Waals surface area contributed by atoms with Gasteiger partial charge in [0.1, 0.15) is 5.82 Å². The molecule has 0 radical (unpaired) electrons. The van der Waals surface area contributed by atoms with E-state index in [1.165, 1.54) is 5.56 Å². The Bertz CT molecular complexity index is 1050. The van der Waals surface area contributed by atoms with Crippen LogP contribution in [-0.4, -0.2) is 9.97 Å². The Hall–Kier alpha value is -2.91. The standard InChI is InChI=1S/C21H16ClN3/c1-14-7-5-10-16(13-14)23-20-19-17(15-8-3-2-4-9-15)11-6-12-18(19)24-21(22)25-20/h2-13H,1H3,(H,23,24,25). The van der Waals surface area contributed by atoms with Gasteiger partial charge in [-0.25, -0.2) is 4.98 Å². The van der Waals surface area contributed by atoms with Gasteiger partial charge in [-0.1, -0.05) is 54.6 Å². The van der Waals surface area contributed by atoms with Crippen molar-refractivity contribution in [3.8, 4) is 11.1 Å². The molecule has 0 aliphatic carbocycles. The van der Waals surface area contributed by atoms with E-state index in [1.54, 1.807) is 0 Å². The van der Waals surface area contributed by atoms with E-state index in [1.807, 2.05) is 42.5 Å². The first-order valence-corrected chi connectivity index (χ1v) is 8.44. The zero-order valence-corrected chi connectivity index (χ0v) is 14.5. The third-order valence-corrected chi connectivity index (χ3v) is 4.23. The quantitative estimate of drug-likeness (QED) is 0.462. The van der Waals surface area contributed by atoms with Crippen molar-refractivity contribution in [2.75, 3.05) is 5.32 Å². The van der Waals surface area contributed by atoms with Gasteiger partial charge in [0, 0.05) is 5.69 Å². The number of rotatable bonds is 3. The molecule has 0 bridgehead atoms. The fraction of sp³-hybridized carbons (Fsp3) is 0.0476. The van der Waals surface area contributed by atoms with E-state index in [0.29, 0.717) is 5.82 Å². The second kappa shape index (κ2) is 6.54.